The molecule has 1 amide bonds. The van der Waals surface area contributed by atoms with Crippen molar-refractivity contribution in [2.24, 2.45) is 0 Å². The van der Waals surface area contributed by atoms with Crippen molar-refractivity contribution in [2.75, 3.05) is 26.1 Å². The van der Waals surface area contributed by atoms with Crippen LogP contribution in [0.5, 0.6) is 11.5 Å². The van der Waals surface area contributed by atoms with Crippen molar-refractivity contribution in [3.05, 3.63) is 46.7 Å². The molecule has 44 heavy (non-hydrogen) atoms. The average Bonchev–Trinajstić information content (AvgIpc) is 3.47. The SMILES string of the molecule is COc1cc(OC)c2oc(COC(=O)Nc3ccn([C@@H]4O[C@H](COP(=O)(O)N[C@@H](C)C(=O)O)[C@@H](O)C4(F)F)c(=O)n3)cc2c1. The van der Waals surface area contributed by atoms with Gasteiger partial charge in [0.05, 0.1) is 20.8 Å². The van der Waals surface area contributed by atoms with E-state index in [-0.39, 0.29) is 18.2 Å². The number of carboxylic acids is 1. The highest BCUT2D eigenvalue weighted by atomic mass is 31.2. The van der Waals surface area contributed by atoms with Crippen LogP contribution in [0.1, 0.15) is 18.9 Å². The first kappa shape index (κ1) is 32.8. The highest BCUT2D eigenvalue weighted by Gasteiger charge is 2.60. The number of hydrogen-bond donors (Lipinski definition) is 5. The first-order valence-corrected chi connectivity index (χ1v) is 14.1. The minimum atomic E-state index is -4.80. The zero-order valence-corrected chi connectivity index (χ0v) is 24.0. The number of aliphatic carboxylic acids is 1. The van der Waals surface area contributed by atoms with E-state index in [1.807, 2.05) is 0 Å². The predicted molar refractivity (Wildman–Crippen MR) is 142 cm³/mol. The van der Waals surface area contributed by atoms with Crippen molar-refractivity contribution >= 4 is 36.6 Å². The zero-order valence-electron chi connectivity index (χ0n) is 23.1. The van der Waals surface area contributed by atoms with E-state index in [0.717, 1.165) is 19.2 Å². The monoisotopic (exact) mass is 648 g/mol. The van der Waals surface area contributed by atoms with Crippen LogP contribution in [-0.2, 0) is 30.0 Å². The number of ether oxygens (including phenoxy) is 4. The molecule has 1 saturated heterocycles. The summed E-state index contributed by atoms with van der Waals surface area (Å²) in [7, 11) is -1.88. The Kier molecular flexibility index (Phi) is 9.57. The van der Waals surface area contributed by atoms with Gasteiger partial charge in [-0.3, -0.25) is 19.2 Å². The predicted octanol–water partition coefficient (Wildman–Crippen LogP) is 1.83. The maximum atomic E-state index is 14.8. The number of carbonyl (C=O) groups is 2. The van der Waals surface area contributed by atoms with E-state index < -0.39 is 62.5 Å². The molecule has 1 aliphatic heterocycles. The second-order valence-electron chi connectivity index (χ2n) is 9.32. The van der Waals surface area contributed by atoms with Gasteiger partial charge in [-0.15, -0.1) is 0 Å². The lowest BCUT2D eigenvalue weighted by molar-refractivity contribution is -0.141. The quantitative estimate of drug-likeness (QED) is 0.176. The number of carbonyl (C=O) groups excluding carboxylic acids is 1. The van der Waals surface area contributed by atoms with Crippen LogP contribution in [0.4, 0.5) is 19.4 Å². The zero-order chi connectivity index (χ0) is 32.4. The highest BCUT2D eigenvalue weighted by molar-refractivity contribution is 7.50. The van der Waals surface area contributed by atoms with Crippen LogP contribution in [0.3, 0.4) is 0 Å². The van der Waals surface area contributed by atoms with Gasteiger partial charge in [0.15, 0.2) is 24.0 Å². The van der Waals surface area contributed by atoms with Gasteiger partial charge < -0.3 is 38.5 Å². The average molecular weight is 648 g/mol. The van der Waals surface area contributed by atoms with E-state index in [1.54, 1.807) is 23.3 Å². The number of rotatable bonds is 12. The summed E-state index contributed by atoms with van der Waals surface area (Å²) in [5.74, 6) is -4.82. The van der Waals surface area contributed by atoms with Crippen LogP contribution in [0.15, 0.2) is 39.7 Å². The molecule has 1 aliphatic rings. The fourth-order valence-electron chi connectivity index (χ4n) is 4.04. The third-order valence-corrected chi connectivity index (χ3v) is 7.45. The Labute approximate surface area is 245 Å². The number of nitrogens with one attached hydrogen (secondary N) is 2. The minimum absolute atomic E-state index is 0.243. The fraction of sp³-hybridized carbons (Fsp3) is 0.417. The Hall–Kier alpha value is -4.13. The number of aliphatic hydroxyl groups is 1. The summed E-state index contributed by atoms with van der Waals surface area (Å²) in [6.45, 7) is -0.370. The summed E-state index contributed by atoms with van der Waals surface area (Å²) in [5, 5.41) is 23.4. The molecule has 1 unspecified atom stereocenters. The lowest BCUT2D eigenvalue weighted by Crippen LogP contribution is -2.42. The normalized spacial score (nSPS) is 21.4. The molecule has 4 rings (SSSR count). The highest BCUT2D eigenvalue weighted by Crippen LogP contribution is 2.45. The van der Waals surface area contributed by atoms with Crippen molar-refractivity contribution in [2.45, 2.75) is 43.9 Å². The topological polar surface area (TPSA) is 230 Å². The largest absolute Gasteiger partial charge is 0.497 e. The Bertz CT molecular complexity index is 1650. The standard InChI is InChI=1S/C24H27F2N4O13P/c1-11(20(32)33)29-44(36,37)41-10-16-19(31)24(25,26)21(43-16)30-5-4-17(27-22(30)34)28-23(35)40-9-14-7-12-6-13(38-2)8-15(39-3)18(12)42-14/h4-8,11,16,19,21,31H,9-10H2,1-3H3,(H,32,33)(H2,29,36,37)(H,27,28,34,35)/t11-,16+,19+,21+/m0/s1. The lowest BCUT2D eigenvalue weighted by atomic mass is 10.1. The molecule has 0 aliphatic carbocycles. The number of amides is 1. The molecule has 1 fully saturated rings. The van der Waals surface area contributed by atoms with Crippen molar-refractivity contribution < 1.29 is 65.9 Å². The van der Waals surface area contributed by atoms with Crippen LogP contribution in [0, 0.1) is 0 Å². The summed E-state index contributed by atoms with van der Waals surface area (Å²) in [5.41, 5.74) is -0.929. The number of aliphatic hydroxyl groups excluding tert-OH is 1. The van der Waals surface area contributed by atoms with E-state index in [4.69, 9.17) is 28.5 Å². The molecule has 240 valence electrons. The van der Waals surface area contributed by atoms with Crippen LogP contribution >= 0.6 is 7.75 Å². The van der Waals surface area contributed by atoms with Crippen LogP contribution in [-0.4, -0.2) is 81.7 Å². The molecule has 0 saturated carbocycles. The Morgan fingerprint density at radius 2 is 1.98 bits per heavy atom. The molecule has 0 radical (unpaired) electrons. The van der Waals surface area contributed by atoms with Gasteiger partial charge in [-0.05, 0) is 25.1 Å². The van der Waals surface area contributed by atoms with E-state index >= 15 is 0 Å². The number of furan rings is 1. The molecule has 3 heterocycles. The molecule has 1 aromatic carbocycles. The molecule has 2 aromatic heterocycles. The van der Waals surface area contributed by atoms with Gasteiger partial charge >= 0.3 is 31.4 Å². The minimum Gasteiger partial charge on any atom is -0.497 e. The number of anilines is 1. The second kappa shape index (κ2) is 12.8. The number of carboxylic acid groups (broad SMARTS) is 1. The number of aromatic nitrogens is 2. The molecule has 17 nitrogen and oxygen atoms in total. The third kappa shape index (κ3) is 7.15. The van der Waals surface area contributed by atoms with Crippen LogP contribution < -0.4 is 25.6 Å². The molecule has 0 bridgehead atoms. The van der Waals surface area contributed by atoms with Gasteiger partial charge in [0.1, 0.15) is 29.5 Å². The first-order chi connectivity index (χ1) is 20.6. The lowest BCUT2D eigenvalue weighted by Gasteiger charge is -2.21. The summed E-state index contributed by atoms with van der Waals surface area (Å²) >= 11 is 0. The fourth-order valence-corrected chi connectivity index (χ4v) is 5.07. The molecule has 20 heteroatoms. The van der Waals surface area contributed by atoms with Crippen molar-refractivity contribution in [3.8, 4) is 11.5 Å². The van der Waals surface area contributed by atoms with Crippen LogP contribution in [0.2, 0.25) is 0 Å². The van der Waals surface area contributed by atoms with Gasteiger partial charge in [-0.2, -0.15) is 13.8 Å². The first-order valence-electron chi connectivity index (χ1n) is 12.5. The van der Waals surface area contributed by atoms with Gasteiger partial charge in [0.2, 0.25) is 6.23 Å². The molecule has 5 atom stereocenters. The van der Waals surface area contributed by atoms with Crippen molar-refractivity contribution in [1.29, 1.82) is 0 Å². The van der Waals surface area contributed by atoms with E-state index in [0.29, 0.717) is 27.0 Å². The Morgan fingerprint density at radius 3 is 2.61 bits per heavy atom. The number of halogens is 2. The number of hydrogen-bond acceptors (Lipinski definition) is 12. The number of nitrogens with zero attached hydrogens (tertiary/aromatic N) is 2. The number of fused-ring (bicyclic) bond motifs is 1. The summed E-state index contributed by atoms with van der Waals surface area (Å²) in [4.78, 5) is 48.9. The van der Waals surface area contributed by atoms with Crippen LogP contribution in [0.25, 0.3) is 11.0 Å². The molecule has 5 N–H and O–H groups in total. The van der Waals surface area contributed by atoms with E-state index in [1.165, 1.54) is 14.2 Å². The van der Waals surface area contributed by atoms with Gasteiger partial charge in [0.25, 0.3) is 0 Å². The summed E-state index contributed by atoms with van der Waals surface area (Å²) in [6.07, 6.45) is -7.17. The molecule has 3 aromatic rings. The molecule has 0 spiro atoms. The van der Waals surface area contributed by atoms with E-state index in [9.17, 15) is 37.7 Å². The van der Waals surface area contributed by atoms with Gasteiger partial charge in [-0.25, -0.2) is 19.2 Å². The van der Waals surface area contributed by atoms with Gasteiger partial charge in [0, 0.05) is 17.6 Å². The maximum Gasteiger partial charge on any atom is 0.413 e. The Balaban J connectivity index is 1.38. The summed E-state index contributed by atoms with van der Waals surface area (Å²) in [6, 6.07) is 4.33. The van der Waals surface area contributed by atoms with E-state index in [2.05, 4.69) is 14.8 Å². The van der Waals surface area contributed by atoms with Crippen molar-refractivity contribution in [3.63, 3.8) is 0 Å². The number of methoxy groups -OCH3 is 2. The molecular formula is C24H27F2N4O13P. The number of alkyl halides is 2. The smallest absolute Gasteiger partial charge is 0.413 e. The number of benzene rings is 1. The van der Waals surface area contributed by atoms with Crippen molar-refractivity contribution in [1.82, 2.24) is 14.6 Å². The summed E-state index contributed by atoms with van der Waals surface area (Å²) < 4.78 is 72.9. The maximum absolute atomic E-state index is 14.8. The molecular weight excluding hydrogens is 621 g/mol. The second-order valence-corrected chi connectivity index (χ2v) is 10.9. The third-order valence-electron chi connectivity index (χ3n) is 6.24. The Morgan fingerprint density at radius 1 is 1.25 bits per heavy atom. The van der Waals surface area contributed by atoms with Gasteiger partial charge in [-0.1, -0.05) is 0 Å².